The maximum atomic E-state index is 13.6. The van der Waals surface area contributed by atoms with Crippen molar-refractivity contribution in [2.75, 3.05) is 26.2 Å². The average Bonchev–Trinajstić information content (AvgIpc) is 3.42. The highest BCUT2D eigenvalue weighted by Crippen LogP contribution is 2.44. The van der Waals surface area contributed by atoms with E-state index in [1.807, 2.05) is 45.0 Å². The predicted molar refractivity (Wildman–Crippen MR) is 141 cm³/mol. The summed E-state index contributed by atoms with van der Waals surface area (Å²) in [6.45, 7) is 6.96. The Labute approximate surface area is 236 Å². The molecule has 0 aromatic heterocycles. The van der Waals surface area contributed by atoms with Crippen molar-refractivity contribution in [1.29, 1.82) is 0 Å². The Hall–Kier alpha value is -2.63. The number of benzene rings is 2. The van der Waals surface area contributed by atoms with Gasteiger partial charge in [0.15, 0.2) is 0 Å². The summed E-state index contributed by atoms with van der Waals surface area (Å²) in [5.41, 5.74) is -1.10. The van der Waals surface area contributed by atoms with Crippen molar-refractivity contribution in [3.8, 4) is 0 Å². The van der Waals surface area contributed by atoms with Crippen LogP contribution in [0.15, 0.2) is 42.5 Å². The van der Waals surface area contributed by atoms with E-state index in [0.29, 0.717) is 31.6 Å². The number of fused-ring (bicyclic) bond motifs is 1. The molecule has 0 bridgehead atoms. The predicted octanol–water partition coefficient (Wildman–Crippen LogP) is 6.03. The van der Waals surface area contributed by atoms with Crippen molar-refractivity contribution in [3.05, 3.63) is 70.3 Å². The number of rotatable bonds is 10. The molecule has 5 nitrogen and oxygen atoms in total. The fraction of sp³-hybridized carbons (Fsp3) is 0.567. The van der Waals surface area contributed by atoms with E-state index in [2.05, 4.69) is 4.90 Å². The zero-order valence-corrected chi connectivity index (χ0v) is 23.3. The highest BCUT2D eigenvalue weighted by Gasteiger charge is 2.53. The number of likely N-dealkylation sites (N-methyl/N-ethyl adjacent to an activating group) is 1. The molecule has 1 N–H and O–H groups in total. The van der Waals surface area contributed by atoms with Crippen LogP contribution in [0.1, 0.15) is 60.4 Å². The van der Waals surface area contributed by atoms with E-state index in [9.17, 15) is 36.2 Å². The monoisotopic (exact) mass is 586 g/mol. The fourth-order valence-electron chi connectivity index (χ4n) is 6.08. The summed E-state index contributed by atoms with van der Waals surface area (Å²) in [6, 6.07) is 8.51. The van der Waals surface area contributed by atoms with Crippen molar-refractivity contribution in [2.45, 2.75) is 76.7 Å². The van der Waals surface area contributed by atoms with E-state index in [1.54, 1.807) is 4.90 Å². The van der Waals surface area contributed by atoms with Crippen molar-refractivity contribution in [2.24, 2.45) is 5.92 Å². The Morgan fingerprint density at radius 2 is 1.71 bits per heavy atom. The van der Waals surface area contributed by atoms with Gasteiger partial charge in [0.1, 0.15) is 0 Å². The van der Waals surface area contributed by atoms with Crippen molar-refractivity contribution < 1.29 is 41.0 Å². The molecule has 2 aliphatic heterocycles. The molecule has 2 aromatic rings. The molecule has 0 aliphatic carbocycles. The smallest absolute Gasteiger partial charge is 0.396 e. The SMILES string of the molecule is CCN(CCC(C)CO)C1CC2C(c3ccccc3C)[C@@H](OCc3cc(C(F)(F)F)cc(C(F)(F)F)c3)CN2C1=O. The number of carbonyl (C=O) groups excluding carboxylic acids is 1. The third-order valence-electron chi connectivity index (χ3n) is 8.35. The molecule has 2 aliphatic rings. The van der Waals surface area contributed by atoms with Crippen LogP contribution >= 0.6 is 0 Å². The second kappa shape index (κ2) is 12.3. The summed E-state index contributed by atoms with van der Waals surface area (Å²) < 4.78 is 86.4. The van der Waals surface area contributed by atoms with Crippen LogP contribution in [0.3, 0.4) is 0 Å². The van der Waals surface area contributed by atoms with Crippen LogP contribution in [0.5, 0.6) is 0 Å². The second-order valence-electron chi connectivity index (χ2n) is 11.2. The van der Waals surface area contributed by atoms with Crippen LogP contribution in [0.4, 0.5) is 26.3 Å². The molecule has 11 heteroatoms. The van der Waals surface area contributed by atoms with E-state index in [1.165, 1.54) is 0 Å². The van der Waals surface area contributed by atoms with Gasteiger partial charge in [-0.25, -0.2) is 0 Å². The molecule has 41 heavy (non-hydrogen) atoms. The normalized spacial score (nSPS) is 23.9. The molecular weight excluding hydrogens is 550 g/mol. The maximum absolute atomic E-state index is 13.6. The van der Waals surface area contributed by atoms with E-state index >= 15 is 0 Å². The van der Waals surface area contributed by atoms with Crippen molar-refractivity contribution in [3.63, 3.8) is 0 Å². The molecule has 226 valence electrons. The number of hydrogen-bond donors (Lipinski definition) is 1. The Morgan fingerprint density at radius 1 is 1.07 bits per heavy atom. The Balaban J connectivity index is 1.60. The van der Waals surface area contributed by atoms with Crippen LogP contribution in [0.25, 0.3) is 0 Å². The minimum absolute atomic E-state index is 0.0587. The van der Waals surface area contributed by atoms with E-state index in [-0.39, 0.29) is 54.6 Å². The van der Waals surface area contributed by atoms with Crippen LogP contribution in [-0.2, 0) is 28.5 Å². The molecule has 5 atom stereocenters. The summed E-state index contributed by atoms with van der Waals surface area (Å²) in [5.74, 6) is -0.253. The number of aliphatic hydroxyl groups is 1. The van der Waals surface area contributed by atoms with Crippen LogP contribution in [0, 0.1) is 12.8 Å². The lowest BCUT2D eigenvalue weighted by Gasteiger charge is -2.29. The van der Waals surface area contributed by atoms with Gasteiger partial charge in [0.25, 0.3) is 0 Å². The van der Waals surface area contributed by atoms with Gasteiger partial charge in [-0.05, 0) is 73.7 Å². The number of aryl methyl sites for hydroxylation is 1. The lowest BCUT2D eigenvalue weighted by Crippen LogP contribution is -2.43. The molecular formula is C30H36F6N2O3. The summed E-state index contributed by atoms with van der Waals surface area (Å²) in [5, 5.41) is 9.41. The highest BCUT2D eigenvalue weighted by atomic mass is 19.4. The molecule has 4 rings (SSSR count). The van der Waals surface area contributed by atoms with Gasteiger partial charge in [-0.15, -0.1) is 0 Å². The number of amides is 1. The van der Waals surface area contributed by atoms with Crippen molar-refractivity contribution in [1.82, 2.24) is 9.80 Å². The second-order valence-corrected chi connectivity index (χ2v) is 11.2. The first-order valence-corrected chi connectivity index (χ1v) is 13.8. The molecule has 2 fully saturated rings. The molecule has 0 saturated carbocycles. The van der Waals surface area contributed by atoms with Crippen LogP contribution in [0.2, 0.25) is 0 Å². The number of hydrogen-bond acceptors (Lipinski definition) is 4. The van der Waals surface area contributed by atoms with E-state index in [0.717, 1.165) is 17.5 Å². The first kappa shape index (κ1) is 31.3. The molecule has 0 spiro atoms. The molecule has 0 radical (unpaired) electrons. The minimum atomic E-state index is -4.95. The summed E-state index contributed by atoms with van der Waals surface area (Å²) in [6.07, 6.45) is -9.24. The number of carbonyl (C=O) groups is 1. The van der Waals surface area contributed by atoms with E-state index in [4.69, 9.17) is 4.74 Å². The summed E-state index contributed by atoms with van der Waals surface area (Å²) in [4.78, 5) is 17.5. The van der Waals surface area contributed by atoms with Gasteiger partial charge in [0.2, 0.25) is 5.91 Å². The lowest BCUT2D eigenvalue weighted by molar-refractivity contribution is -0.143. The Morgan fingerprint density at radius 3 is 2.27 bits per heavy atom. The zero-order valence-electron chi connectivity index (χ0n) is 23.3. The topological polar surface area (TPSA) is 53.0 Å². The van der Waals surface area contributed by atoms with Gasteiger partial charge >= 0.3 is 12.4 Å². The molecule has 4 unspecified atom stereocenters. The number of aliphatic hydroxyl groups excluding tert-OH is 1. The van der Waals surface area contributed by atoms with Gasteiger partial charge in [0, 0.05) is 25.1 Å². The average molecular weight is 587 g/mol. The fourth-order valence-corrected chi connectivity index (χ4v) is 6.08. The van der Waals surface area contributed by atoms with Gasteiger partial charge in [0.05, 0.1) is 29.9 Å². The quantitative estimate of drug-likeness (QED) is 0.346. The maximum Gasteiger partial charge on any atom is 0.416 e. The first-order valence-electron chi connectivity index (χ1n) is 13.8. The number of ether oxygens (including phenoxy) is 1. The third kappa shape index (κ3) is 6.89. The van der Waals surface area contributed by atoms with Gasteiger partial charge in [-0.1, -0.05) is 38.1 Å². The van der Waals surface area contributed by atoms with Crippen LogP contribution in [-0.4, -0.2) is 65.2 Å². The molecule has 1 amide bonds. The largest absolute Gasteiger partial charge is 0.416 e. The highest BCUT2D eigenvalue weighted by molar-refractivity contribution is 5.85. The van der Waals surface area contributed by atoms with Crippen LogP contribution < -0.4 is 0 Å². The number of halogens is 6. The third-order valence-corrected chi connectivity index (χ3v) is 8.35. The first-order chi connectivity index (χ1) is 19.2. The van der Waals surface area contributed by atoms with Gasteiger partial charge in [-0.2, -0.15) is 26.3 Å². The minimum Gasteiger partial charge on any atom is -0.396 e. The van der Waals surface area contributed by atoms with Gasteiger partial charge in [-0.3, -0.25) is 9.69 Å². The van der Waals surface area contributed by atoms with Crippen molar-refractivity contribution >= 4 is 5.91 Å². The summed E-state index contributed by atoms with van der Waals surface area (Å²) >= 11 is 0. The number of alkyl halides is 6. The lowest BCUT2D eigenvalue weighted by atomic mass is 9.85. The summed E-state index contributed by atoms with van der Waals surface area (Å²) in [7, 11) is 0. The Kier molecular flexibility index (Phi) is 9.40. The number of nitrogens with zero attached hydrogens (tertiary/aromatic N) is 2. The van der Waals surface area contributed by atoms with Gasteiger partial charge < -0.3 is 14.7 Å². The Bertz CT molecular complexity index is 1190. The van der Waals surface area contributed by atoms with E-state index < -0.39 is 36.2 Å². The zero-order chi connectivity index (χ0) is 30.1. The molecule has 2 heterocycles. The molecule has 2 aromatic carbocycles. The standard InChI is InChI=1S/C30H36F6N2O3/c1-4-37(10-9-18(2)16-39)25-14-24-27(23-8-6-5-7-19(23)3)26(15-38(24)28(25)40)41-17-20-11-21(29(31,32)33)13-22(12-20)30(34,35)36/h5-8,11-13,18,24-27,39H,4,9-10,14-17H2,1-3H3/t18?,24?,25?,26-,27?/m0/s1. The molecule has 2 saturated heterocycles.